The van der Waals surface area contributed by atoms with Gasteiger partial charge in [0.15, 0.2) is 5.82 Å². The van der Waals surface area contributed by atoms with E-state index in [1.165, 1.54) is 18.5 Å². The van der Waals surface area contributed by atoms with Crippen molar-refractivity contribution in [3.63, 3.8) is 0 Å². The standard InChI is InChI=1S/C16H16FN5O3/c1-8-20-15(25-21-8)13-5-10(24-2)6-22(13)16(23)11-3-9(17)4-12-14(11)19-7-18-12/h3-4,7,10,13H,5-6H2,1-2H3,(H,18,19)/t10-,13-/m1/s1. The summed E-state index contributed by atoms with van der Waals surface area (Å²) in [7, 11) is 1.59. The third kappa shape index (κ3) is 2.66. The van der Waals surface area contributed by atoms with Crippen LogP contribution in [0.25, 0.3) is 11.0 Å². The summed E-state index contributed by atoms with van der Waals surface area (Å²) >= 11 is 0. The van der Waals surface area contributed by atoms with Gasteiger partial charge in [-0.3, -0.25) is 4.79 Å². The second kappa shape index (κ2) is 5.92. The predicted octanol–water partition coefficient (Wildman–Crippen LogP) is 2.00. The number of aryl methyl sites for hydroxylation is 1. The number of ether oxygens (including phenoxy) is 1. The molecule has 3 heterocycles. The van der Waals surface area contributed by atoms with Crippen molar-refractivity contribution in [3.8, 4) is 0 Å². The van der Waals surface area contributed by atoms with Crippen LogP contribution < -0.4 is 0 Å². The number of rotatable bonds is 3. The molecule has 4 rings (SSSR count). The molecule has 0 aliphatic carbocycles. The number of carbonyl (C=O) groups is 1. The van der Waals surface area contributed by atoms with Crippen molar-refractivity contribution in [2.24, 2.45) is 0 Å². The lowest BCUT2D eigenvalue weighted by Crippen LogP contribution is -2.32. The minimum absolute atomic E-state index is 0.163. The van der Waals surface area contributed by atoms with E-state index in [4.69, 9.17) is 9.26 Å². The number of aromatic amines is 1. The van der Waals surface area contributed by atoms with Crippen LogP contribution in [0.5, 0.6) is 0 Å². The van der Waals surface area contributed by atoms with E-state index >= 15 is 0 Å². The van der Waals surface area contributed by atoms with Crippen molar-refractivity contribution in [2.75, 3.05) is 13.7 Å². The average Bonchev–Trinajstić information content (AvgIpc) is 3.31. The van der Waals surface area contributed by atoms with Gasteiger partial charge >= 0.3 is 0 Å². The largest absolute Gasteiger partial charge is 0.380 e. The number of fused-ring (bicyclic) bond motifs is 1. The third-order valence-corrected chi connectivity index (χ3v) is 4.40. The molecule has 130 valence electrons. The highest BCUT2D eigenvalue weighted by Gasteiger charge is 2.40. The first kappa shape index (κ1) is 15.7. The summed E-state index contributed by atoms with van der Waals surface area (Å²) < 4.78 is 24.6. The summed E-state index contributed by atoms with van der Waals surface area (Å²) in [6.45, 7) is 2.06. The molecule has 1 amide bonds. The summed E-state index contributed by atoms with van der Waals surface area (Å²) in [6.07, 6.45) is 1.80. The molecule has 9 heteroatoms. The number of imidazole rings is 1. The number of halogens is 1. The van der Waals surface area contributed by atoms with Crippen LogP contribution in [0.15, 0.2) is 23.0 Å². The number of aromatic nitrogens is 4. The molecule has 2 aromatic heterocycles. The van der Waals surface area contributed by atoms with E-state index < -0.39 is 11.9 Å². The fraction of sp³-hybridized carbons (Fsp3) is 0.375. The van der Waals surface area contributed by atoms with Crippen molar-refractivity contribution in [1.82, 2.24) is 25.0 Å². The molecule has 8 nitrogen and oxygen atoms in total. The molecule has 1 N–H and O–H groups in total. The number of benzene rings is 1. The highest BCUT2D eigenvalue weighted by atomic mass is 19.1. The number of methoxy groups -OCH3 is 1. The molecule has 0 spiro atoms. The first-order chi connectivity index (χ1) is 12.1. The lowest BCUT2D eigenvalue weighted by Gasteiger charge is -2.22. The van der Waals surface area contributed by atoms with Crippen LogP contribution in [-0.4, -0.2) is 50.7 Å². The van der Waals surface area contributed by atoms with E-state index in [-0.39, 0.29) is 17.6 Å². The van der Waals surface area contributed by atoms with Crippen LogP contribution in [0.1, 0.15) is 34.5 Å². The Bertz CT molecular complexity index is 937. The predicted molar refractivity (Wildman–Crippen MR) is 84.3 cm³/mol. The topological polar surface area (TPSA) is 97.1 Å². The van der Waals surface area contributed by atoms with Crippen molar-refractivity contribution in [1.29, 1.82) is 0 Å². The highest BCUT2D eigenvalue weighted by molar-refractivity contribution is 6.05. The maximum atomic E-state index is 13.9. The number of hydrogen-bond acceptors (Lipinski definition) is 6. The van der Waals surface area contributed by atoms with E-state index in [1.807, 2.05) is 0 Å². The van der Waals surface area contributed by atoms with Gasteiger partial charge in [0.2, 0.25) is 5.89 Å². The van der Waals surface area contributed by atoms with Crippen LogP contribution in [0, 0.1) is 12.7 Å². The molecule has 1 saturated heterocycles. The normalized spacial score (nSPS) is 20.5. The van der Waals surface area contributed by atoms with Crippen molar-refractivity contribution in [3.05, 3.63) is 41.6 Å². The van der Waals surface area contributed by atoms with Crippen LogP contribution in [0.3, 0.4) is 0 Å². The Hall–Kier alpha value is -2.81. The second-order valence-electron chi connectivity index (χ2n) is 6.00. The second-order valence-corrected chi connectivity index (χ2v) is 6.00. The van der Waals surface area contributed by atoms with Gasteiger partial charge in [0, 0.05) is 20.1 Å². The van der Waals surface area contributed by atoms with Gasteiger partial charge in [-0.05, 0) is 19.1 Å². The zero-order chi connectivity index (χ0) is 17.6. The first-order valence-electron chi connectivity index (χ1n) is 7.83. The molecular weight excluding hydrogens is 329 g/mol. The summed E-state index contributed by atoms with van der Waals surface area (Å²) in [5.74, 6) is -0.0198. The van der Waals surface area contributed by atoms with Gasteiger partial charge in [-0.25, -0.2) is 9.37 Å². The van der Waals surface area contributed by atoms with Crippen LogP contribution >= 0.6 is 0 Å². The van der Waals surface area contributed by atoms with E-state index in [0.717, 1.165) is 0 Å². The minimum atomic E-state index is -0.507. The average molecular weight is 345 g/mol. The Morgan fingerprint density at radius 1 is 1.48 bits per heavy atom. The SMILES string of the molecule is CO[C@@H]1C[C@H](c2nc(C)no2)N(C(=O)c2cc(F)cc3[nH]cnc23)C1. The Morgan fingerprint density at radius 3 is 3.04 bits per heavy atom. The Balaban J connectivity index is 1.75. The molecule has 25 heavy (non-hydrogen) atoms. The van der Waals surface area contributed by atoms with Crippen molar-refractivity contribution >= 4 is 16.9 Å². The molecule has 1 aromatic carbocycles. The van der Waals surface area contributed by atoms with Crippen LogP contribution in [0.4, 0.5) is 4.39 Å². The molecule has 3 aromatic rings. The summed E-state index contributed by atoms with van der Waals surface area (Å²) in [5, 5.41) is 3.79. The lowest BCUT2D eigenvalue weighted by atomic mass is 10.1. The number of likely N-dealkylation sites (tertiary alicyclic amines) is 1. The molecule has 0 saturated carbocycles. The number of hydrogen-bond donors (Lipinski definition) is 1. The molecule has 0 bridgehead atoms. The van der Waals surface area contributed by atoms with Gasteiger partial charge in [-0.1, -0.05) is 5.16 Å². The van der Waals surface area contributed by atoms with E-state index in [0.29, 0.717) is 35.7 Å². The molecule has 1 fully saturated rings. The number of carbonyl (C=O) groups excluding carboxylic acids is 1. The fourth-order valence-electron chi connectivity index (χ4n) is 3.21. The number of amides is 1. The monoisotopic (exact) mass is 345 g/mol. The number of H-pyrrole nitrogens is 1. The van der Waals surface area contributed by atoms with Crippen molar-refractivity contribution < 1.29 is 18.4 Å². The summed E-state index contributed by atoms with van der Waals surface area (Å²) in [6, 6.07) is 2.08. The quantitative estimate of drug-likeness (QED) is 0.780. The van der Waals surface area contributed by atoms with Gasteiger partial charge in [-0.2, -0.15) is 4.98 Å². The third-order valence-electron chi connectivity index (χ3n) is 4.40. The first-order valence-corrected chi connectivity index (χ1v) is 7.83. The molecule has 0 unspecified atom stereocenters. The Morgan fingerprint density at radius 2 is 2.32 bits per heavy atom. The molecule has 0 radical (unpaired) electrons. The van der Waals surface area contributed by atoms with E-state index in [9.17, 15) is 9.18 Å². The maximum Gasteiger partial charge on any atom is 0.257 e. The van der Waals surface area contributed by atoms with Crippen LogP contribution in [-0.2, 0) is 4.74 Å². The maximum absolute atomic E-state index is 13.9. The summed E-state index contributed by atoms with van der Waals surface area (Å²) in [5.41, 5.74) is 1.08. The zero-order valence-electron chi connectivity index (χ0n) is 13.7. The number of nitrogens with one attached hydrogen (secondary N) is 1. The van der Waals surface area contributed by atoms with Crippen LogP contribution in [0.2, 0.25) is 0 Å². The van der Waals surface area contributed by atoms with Crippen molar-refractivity contribution in [2.45, 2.75) is 25.5 Å². The lowest BCUT2D eigenvalue weighted by molar-refractivity contribution is 0.0672. The van der Waals surface area contributed by atoms with Gasteiger partial charge in [-0.15, -0.1) is 0 Å². The molecule has 1 aliphatic rings. The zero-order valence-corrected chi connectivity index (χ0v) is 13.7. The number of nitrogens with zero attached hydrogens (tertiary/aromatic N) is 4. The van der Waals surface area contributed by atoms with E-state index in [2.05, 4.69) is 20.1 Å². The highest BCUT2D eigenvalue weighted by Crippen LogP contribution is 2.34. The van der Waals surface area contributed by atoms with Gasteiger partial charge in [0.1, 0.15) is 17.4 Å². The van der Waals surface area contributed by atoms with Gasteiger partial charge in [0.25, 0.3) is 5.91 Å². The molecular formula is C16H16FN5O3. The Labute approximate surface area is 142 Å². The molecule has 2 atom stereocenters. The van der Waals surface area contributed by atoms with Gasteiger partial charge in [0.05, 0.1) is 23.5 Å². The van der Waals surface area contributed by atoms with Gasteiger partial charge < -0.3 is 19.1 Å². The minimum Gasteiger partial charge on any atom is -0.380 e. The molecule has 1 aliphatic heterocycles. The Kier molecular flexibility index (Phi) is 3.72. The smallest absolute Gasteiger partial charge is 0.257 e. The summed E-state index contributed by atoms with van der Waals surface area (Å²) in [4.78, 5) is 25.9. The van der Waals surface area contributed by atoms with E-state index in [1.54, 1.807) is 18.9 Å². The fourth-order valence-corrected chi connectivity index (χ4v) is 3.21.